The standard InChI is InChI=1S/C15H14S2/c1-17-15(16)11-13-9-5-6-10-14(13)12-7-3-2-4-8-12/h2-10H,11H2,1H3. The van der Waals surface area contributed by atoms with Crippen LogP contribution in [0, 0.1) is 0 Å². The van der Waals surface area contributed by atoms with E-state index in [1.807, 2.05) is 12.3 Å². The summed E-state index contributed by atoms with van der Waals surface area (Å²) in [6, 6.07) is 18.9. The number of benzene rings is 2. The van der Waals surface area contributed by atoms with E-state index in [0.717, 1.165) is 10.6 Å². The van der Waals surface area contributed by atoms with Crippen molar-refractivity contribution >= 4 is 28.2 Å². The van der Waals surface area contributed by atoms with Gasteiger partial charge in [-0.05, 0) is 22.9 Å². The van der Waals surface area contributed by atoms with Gasteiger partial charge in [0.05, 0.1) is 4.20 Å². The van der Waals surface area contributed by atoms with Gasteiger partial charge in [0.2, 0.25) is 0 Å². The summed E-state index contributed by atoms with van der Waals surface area (Å²) in [6.45, 7) is 0. The van der Waals surface area contributed by atoms with Gasteiger partial charge >= 0.3 is 0 Å². The summed E-state index contributed by atoms with van der Waals surface area (Å²) in [6.07, 6.45) is 2.90. The Hall–Kier alpha value is -1.12. The van der Waals surface area contributed by atoms with Crippen LogP contribution in [0.1, 0.15) is 5.56 Å². The molecule has 0 radical (unpaired) electrons. The molecule has 0 fully saturated rings. The molecule has 0 saturated carbocycles. The zero-order valence-corrected chi connectivity index (χ0v) is 11.4. The van der Waals surface area contributed by atoms with Gasteiger partial charge in [0, 0.05) is 6.42 Å². The molecule has 2 rings (SSSR count). The molecule has 0 atom stereocenters. The zero-order chi connectivity index (χ0) is 12.1. The van der Waals surface area contributed by atoms with Gasteiger partial charge in [-0.25, -0.2) is 0 Å². The molecule has 0 heterocycles. The maximum atomic E-state index is 5.31. The Kier molecular flexibility index (Phi) is 4.35. The Balaban J connectivity index is 2.38. The van der Waals surface area contributed by atoms with Gasteiger partial charge in [-0.15, -0.1) is 11.8 Å². The minimum Gasteiger partial charge on any atom is -0.122 e. The van der Waals surface area contributed by atoms with E-state index in [0.29, 0.717) is 0 Å². The highest BCUT2D eigenvalue weighted by Gasteiger charge is 2.05. The summed E-state index contributed by atoms with van der Waals surface area (Å²) in [5.41, 5.74) is 3.84. The van der Waals surface area contributed by atoms with Crippen LogP contribution in [0.15, 0.2) is 54.6 Å². The molecule has 0 N–H and O–H groups in total. The number of thiocarbonyl (C=S) groups is 1. The molecule has 0 bridgehead atoms. The third-order valence-corrected chi connectivity index (χ3v) is 3.91. The zero-order valence-electron chi connectivity index (χ0n) is 9.72. The molecule has 0 saturated heterocycles. The summed E-state index contributed by atoms with van der Waals surface area (Å²) in [7, 11) is 0. The second-order valence-electron chi connectivity index (χ2n) is 3.78. The lowest BCUT2D eigenvalue weighted by atomic mass is 9.98. The van der Waals surface area contributed by atoms with Crippen LogP contribution in [0.2, 0.25) is 0 Å². The molecular weight excluding hydrogens is 244 g/mol. The Morgan fingerprint density at radius 3 is 2.35 bits per heavy atom. The Morgan fingerprint density at radius 2 is 1.65 bits per heavy atom. The summed E-state index contributed by atoms with van der Waals surface area (Å²) < 4.78 is 1.04. The van der Waals surface area contributed by atoms with E-state index in [4.69, 9.17) is 12.2 Å². The molecule has 0 aliphatic rings. The lowest BCUT2D eigenvalue weighted by Gasteiger charge is -2.09. The molecule has 0 nitrogen and oxygen atoms in total. The van der Waals surface area contributed by atoms with Crippen molar-refractivity contribution in [1.29, 1.82) is 0 Å². The molecule has 2 aromatic rings. The predicted octanol–water partition coefficient (Wildman–Crippen LogP) is 4.59. The average Bonchev–Trinajstić information content (AvgIpc) is 2.40. The van der Waals surface area contributed by atoms with E-state index in [1.165, 1.54) is 16.7 Å². The fraction of sp³-hybridized carbons (Fsp3) is 0.133. The van der Waals surface area contributed by atoms with E-state index >= 15 is 0 Å². The summed E-state index contributed by atoms with van der Waals surface area (Å²) in [5, 5.41) is 0. The minimum atomic E-state index is 0.863. The summed E-state index contributed by atoms with van der Waals surface area (Å²) in [4.78, 5) is 0. The Labute approximate surface area is 112 Å². The highest BCUT2D eigenvalue weighted by molar-refractivity contribution is 8.22. The van der Waals surface area contributed by atoms with Gasteiger partial charge in [0.1, 0.15) is 0 Å². The van der Waals surface area contributed by atoms with Gasteiger partial charge < -0.3 is 0 Å². The highest BCUT2D eigenvalue weighted by Crippen LogP contribution is 2.24. The number of hydrogen-bond donors (Lipinski definition) is 0. The quantitative estimate of drug-likeness (QED) is 0.739. The average molecular weight is 258 g/mol. The van der Waals surface area contributed by atoms with Crippen molar-refractivity contribution < 1.29 is 0 Å². The number of thioether (sulfide) groups is 1. The lowest BCUT2D eigenvalue weighted by molar-refractivity contribution is 1.37. The van der Waals surface area contributed by atoms with E-state index in [1.54, 1.807) is 11.8 Å². The summed E-state index contributed by atoms with van der Waals surface area (Å²) in [5.74, 6) is 0. The fourth-order valence-corrected chi connectivity index (χ4v) is 2.26. The Bertz CT molecular complexity index is 503. The van der Waals surface area contributed by atoms with Crippen LogP contribution in [0.4, 0.5) is 0 Å². The number of rotatable bonds is 3. The minimum absolute atomic E-state index is 0.863. The van der Waals surface area contributed by atoms with Crippen molar-refractivity contribution in [2.75, 3.05) is 6.26 Å². The smallest absolute Gasteiger partial charge is 0.0519 e. The monoisotopic (exact) mass is 258 g/mol. The maximum Gasteiger partial charge on any atom is 0.0519 e. The van der Waals surface area contributed by atoms with E-state index in [-0.39, 0.29) is 0 Å². The second kappa shape index (κ2) is 5.99. The van der Waals surface area contributed by atoms with Crippen molar-refractivity contribution in [1.82, 2.24) is 0 Å². The van der Waals surface area contributed by atoms with Crippen molar-refractivity contribution in [3.8, 4) is 11.1 Å². The van der Waals surface area contributed by atoms with Gasteiger partial charge in [-0.1, -0.05) is 66.8 Å². The van der Waals surface area contributed by atoms with E-state index in [9.17, 15) is 0 Å². The molecule has 0 aliphatic carbocycles. The Morgan fingerprint density at radius 1 is 1.00 bits per heavy atom. The molecule has 0 aromatic heterocycles. The molecule has 2 aromatic carbocycles. The third-order valence-electron chi connectivity index (χ3n) is 2.66. The topological polar surface area (TPSA) is 0 Å². The van der Waals surface area contributed by atoms with Gasteiger partial charge in [-0.2, -0.15) is 0 Å². The SMILES string of the molecule is CSC(=S)Cc1ccccc1-c1ccccc1. The molecule has 0 unspecified atom stereocenters. The lowest BCUT2D eigenvalue weighted by Crippen LogP contribution is -1.96. The van der Waals surface area contributed by atoms with Crippen LogP contribution in [-0.2, 0) is 6.42 Å². The third kappa shape index (κ3) is 3.18. The molecule has 86 valence electrons. The van der Waals surface area contributed by atoms with Crippen LogP contribution in [0.3, 0.4) is 0 Å². The van der Waals surface area contributed by atoms with Gasteiger partial charge in [-0.3, -0.25) is 0 Å². The first-order valence-electron chi connectivity index (χ1n) is 5.51. The first kappa shape index (κ1) is 12.3. The predicted molar refractivity (Wildman–Crippen MR) is 81.7 cm³/mol. The number of hydrogen-bond acceptors (Lipinski definition) is 2. The normalized spacial score (nSPS) is 10.2. The molecule has 0 spiro atoms. The molecule has 17 heavy (non-hydrogen) atoms. The van der Waals surface area contributed by atoms with E-state index < -0.39 is 0 Å². The van der Waals surface area contributed by atoms with Crippen LogP contribution in [-0.4, -0.2) is 10.5 Å². The maximum absolute atomic E-state index is 5.31. The van der Waals surface area contributed by atoms with Crippen molar-refractivity contribution in [3.05, 3.63) is 60.2 Å². The van der Waals surface area contributed by atoms with Gasteiger partial charge in [0.15, 0.2) is 0 Å². The van der Waals surface area contributed by atoms with Gasteiger partial charge in [0.25, 0.3) is 0 Å². The second-order valence-corrected chi connectivity index (χ2v) is 5.43. The molecular formula is C15H14S2. The van der Waals surface area contributed by atoms with Crippen molar-refractivity contribution in [2.24, 2.45) is 0 Å². The molecule has 0 amide bonds. The largest absolute Gasteiger partial charge is 0.122 e. The molecule has 2 heteroatoms. The van der Waals surface area contributed by atoms with Crippen LogP contribution >= 0.6 is 24.0 Å². The van der Waals surface area contributed by atoms with Crippen LogP contribution in [0.5, 0.6) is 0 Å². The summed E-state index contributed by atoms with van der Waals surface area (Å²) >= 11 is 6.96. The first-order chi connectivity index (χ1) is 8.31. The fourth-order valence-electron chi connectivity index (χ4n) is 1.80. The van der Waals surface area contributed by atoms with Crippen molar-refractivity contribution in [2.45, 2.75) is 6.42 Å². The van der Waals surface area contributed by atoms with E-state index in [2.05, 4.69) is 48.5 Å². The van der Waals surface area contributed by atoms with Crippen LogP contribution < -0.4 is 0 Å². The van der Waals surface area contributed by atoms with Crippen LogP contribution in [0.25, 0.3) is 11.1 Å². The first-order valence-corrected chi connectivity index (χ1v) is 7.14. The highest BCUT2D eigenvalue weighted by atomic mass is 32.2. The molecule has 0 aliphatic heterocycles. The van der Waals surface area contributed by atoms with Crippen molar-refractivity contribution in [3.63, 3.8) is 0 Å².